The van der Waals surface area contributed by atoms with Crippen LogP contribution in [0.5, 0.6) is 5.75 Å². The molecular formula is C16H22F4O. The van der Waals surface area contributed by atoms with Crippen molar-refractivity contribution in [3.63, 3.8) is 0 Å². The van der Waals surface area contributed by atoms with E-state index in [0.717, 1.165) is 37.7 Å². The number of unbranched alkanes of at least 4 members (excludes halogenated alkanes) is 1. The van der Waals surface area contributed by atoms with E-state index in [4.69, 9.17) is 0 Å². The predicted molar refractivity (Wildman–Crippen MR) is 75.1 cm³/mol. The molecule has 0 N–H and O–H groups in total. The normalized spacial score (nSPS) is 13.2. The second-order valence-corrected chi connectivity index (χ2v) is 5.22. The van der Waals surface area contributed by atoms with Gasteiger partial charge in [-0.3, -0.25) is 0 Å². The van der Waals surface area contributed by atoms with Gasteiger partial charge in [0.1, 0.15) is 0 Å². The Balaban J connectivity index is 2.86. The molecule has 0 spiro atoms. The molecule has 1 nitrogen and oxygen atoms in total. The summed E-state index contributed by atoms with van der Waals surface area (Å²) in [5.41, 5.74) is 0.851. The summed E-state index contributed by atoms with van der Waals surface area (Å²) in [6.07, 6.45) is 0.497. The van der Waals surface area contributed by atoms with E-state index in [9.17, 15) is 17.6 Å². The molecule has 0 radical (unpaired) electrons. The highest BCUT2D eigenvalue weighted by Crippen LogP contribution is 2.31. The third kappa shape index (κ3) is 6.36. The highest BCUT2D eigenvalue weighted by atomic mass is 19.4. The number of hydrogen-bond donors (Lipinski definition) is 0. The topological polar surface area (TPSA) is 9.23 Å². The van der Waals surface area contributed by atoms with Gasteiger partial charge in [0.15, 0.2) is 18.2 Å². The Morgan fingerprint density at radius 1 is 1.10 bits per heavy atom. The summed E-state index contributed by atoms with van der Waals surface area (Å²) in [7, 11) is 0. The summed E-state index contributed by atoms with van der Waals surface area (Å²) < 4.78 is 54.6. The van der Waals surface area contributed by atoms with Crippen LogP contribution in [-0.4, -0.2) is 12.8 Å². The van der Waals surface area contributed by atoms with E-state index >= 15 is 0 Å². The summed E-state index contributed by atoms with van der Waals surface area (Å²) in [5.74, 6) is -0.833. The minimum atomic E-state index is -4.46. The molecule has 5 heteroatoms. The van der Waals surface area contributed by atoms with Crippen LogP contribution >= 0.6 is 0 Å². The van der Waals surface area contributed by atoms with Crippen LogP contribution in [0.25, 0.3) is 0 Å². The van der Waals surface area contributed by atoms with Crippen molar-refractivity contribution < 1.29 is 22.3 Å². The van der Waals surface area contributed by atoms with Crippen LogP contribution in [0.3, 0.4) is 0 Å². The van der Waals surface area contributed by atoms with Gasteiger partial charge in [0.05, 0.1) is 0 Å². The summed E-state index contributed by atoms with van der Waals surface area (Å²) in [6.45, 7) is 2.68. The number of halogens is 4. The quantitative estimate of drug-likeness (QED) is 0.548. The zero-order valence-electron chi connectivity index (χ0n) is 12.5. The van der Waals surface area contributed by atoms with Crippen molar-refractivity contribution in [3.8, 4) is 5.75 Å². The molecule has 1 aromatic rings. The molecule has 1 atom stereocenters. The fourth-order valence-corrected chi connectivity index (χ4v) is 2.32. The Bertz CT molecular complexity index is 429. The molecule has 0 aliphatic carbocycles. The molecule has 0 amide bonds. The van der Waals surface area contributed by atoms with Crippen molar-refractivity contribution in [1.82, 2.24) is 0 Å². The van der Waals surface area contributed by atoms with E-state index < -0.39 is 18.6 Å². The fourth-order valence-electron chi connectivity index (χ4n) is 2.32. The lowest BCUT2D eigenvalue weighted by molar-refractivity contribution is -0.153. The van der Waals surface area contributed by atoms with E-state index in [1.807, 2.05) is 0 Å². The third-order valence-electron chi connectivity index (χ3n) is 3.36. The SMILES string of the molecule is CCCCC(CCC)c1ccc(F)c(OCC(F)(F)F)c1. The molecule has 1 aromatic carbocycles. The predicted octanol–water partition coefficient (Wildman–Crippen LogP) is 5.84. The van der Waals surface area contributed by atoms with E-state index in [-0.39, 0.29) is 11.7 Å². The number of hydrogen-bond acceptors (Lipinski definition) is 1. The van der Waals surface area contributed by atoms with Gasteiger partial charge >= 0.3 is 6.18 Å². The first-order valence-electron chi connectivity index (χ1n) is 7.36. The first-order chi connectivity index (χ1) is 9.87. The maximum absolute atomic E-state index is 13.6. The van der Waals surface area contributed by atoms with Gasteiger partial charge < -0.3 is 4.74 Å². The van der Waals surface area contributed by atoms with E-state index in [0.29, 0.717) is 0 Å². The summed E-state index contributed by atoms with van der Waals surface area (Å²) in [4.78, 5) is 0. The second-order valence-electron chi connectivity index (χ2n) is 5.22. The fraction of sp³-hybridized carbons (Fsp3) is 0.625. The Morgan fingerprint density at radius 3 is 2.38 bits per heavy atom. The van der Waals surface area contributed by atoms with E-state index in [1.165, 1.54) is 12.1 Å². The van der Waals surface area contributed by atoms with Crippen LogP contribution in [0.15, 0.2) is 18.2 Å². The van der Waals surface area contributed by atoms with Crippen LogP contribution in [-0.2, 0) is 0 Å². The standard InChI is InChI=1S/C16H22F4O/c1-3-5-7-12(6-4-2)13-8-9-14(17)15(10-13)21-11-16(18,19)20/h8-10,12H,3-7,11H2,1-2H3. The van der Waals surface area contributed by atoms with Gasteiger partial charge in [-0.05, 0) is 36.5 Å². The van der Waals surface area contributed by atoms with Gasteiger partial charge in [0, 0.05) is 0 Å². The molecule has 0 heterocycles. The number of alkyl halides is 3. The highest BCUT2D eigenvalue weighted by molar-refractivity contribution is 5.32. The van der Waals surface area contributed by atoms with Gasteiger partial charge in [0.25, 0.3) is 0 Å². The minimum Gasteiger partial charge on any atom is -0.481 e. The van der Waals surface area contributed by atoms with E-state index in [2.05, 4.69) is 18.6 Å². The lowest BCUT2D eigenvalue weighted by atomic mass is 9.89. The minimum absolute atomic E-state index is 0.240. The monoisotopic (exact) mass is 306 g/mol. The van der Waals surface area contributed by atoms with Crippen LogP contribution in [0.4, 0.5) is 17.6 Å². The molecule has 0 saturated carbocycles. The van der Waals surface area contributed by atoms with Crippen LogP contribution in [0, 0.1) is 5.82 Å². The van der Waals surface area contributed by atoms with Crippen molar-refractivity contribution in [2.24, 2.45) is 0 Å². The van der Waals surface area contributed by atoms with Gasteiger partial charge in [-0.1, -0.05) is 39.2 Å². The molecule has 1 rings (SSSR count). The van der Waals surface area contributed by atoms with Gasteiger partial charge in [-0.2, -0.15) is 13.2 Å². The Hall–Kier alpha value is -1.26. The van der Waals surface area contributed by atoms with Crippen molar-refractivity contribution >= 4 is 0 Å². The zero-order valence-corrected chi connectivity index (χ0v) is 12.5. The molecule has 120 valence electrons. The Labute approximate surface area is 123 Å². The van der Waals surface area contributed by atoms with Crippen molar-refractivity contribution in [2.75, 3.05) is 6.61 Å². The maximum atomic E-state index is 13.6. The molecule has 0 saturated heterocycles. The number of rotatable bonds is 8. The summed E-state index contributed by atoms with van der Waals surface area (Å²) >= 11 is 0. The number of ether oxygens (including phenoxy) is 1. The van der Waals surface area contributed by atoms with Gasteiger partial charge in [0.2, 0.25) is 0 Å². The molecule has 0 aliphatic rings. The average molecular weight is 306 g/mol. The smallest absolute Gasteiger partial charge is 0.422 e. The maximum Gasteiger partial charge on any atom is 0.422 e. The van der Waals surface area contributed by atoms with Gasteiger partial charge in [-0.25, -0.2) is 4.39 Å². The molecule has 0 bridgehead atoms. The lowest BCUT2D eigenvalue weighted by Crippen LogP contribution is -2.19. The van der Waals surface area contributed by atoms with Crippen molar-refractivity contribution in [1.29, 1.82) is 0 Å². The van der Waals surface area contributed by atoms with Crippen molar-refractivity contribution in [2.45, 2.75) is 58.0 Å². The first kappa shape index (κ1) is 17.8. The molecular weight excluding hydrogens is 284 g/mol. The largest absolute Gasteiger partial charge is 0.481 e. The summed E-state index contributed by atoms with van der Waals surface area (Å²) in [6, 6.07) is 4.25. The van der Waals surface area contributed by atoms with Crippen LogP contribution in [0.2, 0.25) is 0 Å². The number of benzene rings is 1. The average Bonchev–Trinajstić information content (AvgIpc) is 2.42. The first-order valence-corrected chi connectivity index (χ1v) is 7.36. The van der Waals surface area contributed by atoms with Gasteiger partial charge in [-0.15, -0.1) is 0 Å². The molecule has 0 fully saturated rings. The van der Waals surface area contributed by atoms with Crippen LogP contribution < -0.4 is 4.74 Å². The Kier molecular flexibility index (Phi) is 6.99. The zero-order chi connectivity index (χ0) is 15.9. The van der Waals surface area contributed by atoms with E-state index in [1.54, 1.807) is 6.07 Å². The molecule has 0 aromatic heterocycles. The summed E-state index contributed by atoms with van der Waals surface area (Å²) in [5, 5.41) is 0. The lowest BCUT2D eigenvalue weighted by Gasteiger charge is -2.18. The third-order valence-corrected chi connectivity index (χ3v) is 3.36. The highest BCUT2D eigenvalue weighted by Gasteiger charge is 2.29. The molecule has 1 unspecified atom stereocenters. The second kappa shape index (κ2) is 8.25. The van der Waals surface area contributed by atoms with Crippen LogP contribution in [0.1, 0.15) is 57.4 Å². The molecule has 0 aliphatic heterocycles. The Morgan fingerprint density at radius 2 is 1.81 bits per heavy atom. The molecule has 21 heavy (non-hydrogen) atoms. The van der Waals surface area contributed by atoms with Crippen molar-refractivity contribution in [3.05, 3.63) is 29.6 Å².